The summed E-state index contributed by atoms with van der Waals surface area (Å²) in [5.41, 5.74) is 1.05. The summed E-state index contributed by atoms with van der Waals surface area (Å²) in [6.45, 7) is 1.70. The van der Waals surface area contributed by atoms with Crippen LogP contribution in [-0.4, -0.2) is 25.1 Å². The fraction of sp³-hybridized carbons (Fsp3) is 0.200. The van der Waals surface area contributed by atoms with E-state index >= 15 is 0 Å². The number of hydrogen-bond donors (Lipinski definition) is 1. The largest absolute Gasteiger partial charge is 0.325 e. The van der Waals surface area contributed by atoms with E-state index in [1.165, 1.54) is 34.9 Å². The lowest BCUT2D eigenvalue weighted by atomic mass is 10.3. The number of benzene rings is 1. The summed E-state index contributed by atoms with van der Waals surface area (Å²) in [5, 5.41) is 2.62. The minimum atomic E-state index is -3.26. The van der Waals surface area contributed by atoms with Gasteiger partial charge in [0, 0.05) is 24.2 Å². The van der Waals surface area contributed by atoms with E-state index in [2.05, 4.69) is 5.32 Å². The SMILES string of the molecule is Cc1ccn(CC(=O)Nc2ccc(S(C)(=O)=O)cc2)c(=O)c1. The van der Waals surface area contributed by atoms with Gasteiger partial charge >= 0.3 is 0 Å². The number of carbonyl (C=O) groups is 1. The first kappa shape index (κ1) is 16.0. The number of nitrogens with zero attached hydrogens (tertiary/aromatic N) is 1. The molecule has 7 heteroatoms. The predicted molar refractivity (Wildman–Crippen MR) is 83.6 cm³/mol. The van der Waals surface area contributed by atoms with Gasteiger partial charge in [-0.1, -0.05) is 0 Å². The fourth-order valence-corrected chi connectivity index (χ4v) is 2.51. The Balaban J connectivity index is 2.07. The molecule has 0 radical (unpaired) electrons. The van der Waals surface area contributed by atoms with Gasteiger partial charge in [-0.25, -0.2) is 8.42 Å². The molecule has 1 heterocycles. The third-order valence-corrected chi connectivity index (χ3v) is 4.16. The predicted octanol–water partition coefficient (Wildman–Crippen LogP) is 1.20. The lowest BCUT2D eigenvalue weighted by Crippen LogP contribution is -2.26. The molecule has 1 aromatic carbocycles. The van der Waals surface area contributed by atoms with Crippen LogP contribution in [-0.2, 0) is 21.2 Å². The molecule has 0 aliphatic carbocycles. The van der Waals surface area contributed by atoms with E-state index < -0.39 is 9.84 Å². The Morgan fingerprint density at radius 3 is 2.36 bits per heavy atom. The number of nitrogens with one attached hydrogen (secondary N) is 1. The molecule has 1 aromatic heterocycles. The molecule has 6 nitrogen and oxygen atoms in total. The van der Waals surface area contributed by atoms with E-state index in [0.717, 1.165) is 11.8 Å². The zero-order valence-corrected chi connectivity index (χ0v) is 13.1. The third kappa shape index (κ3) is 4.05. The highest BCUT2D eigenvalue weighted by atomic mass is 32.2. The number of pyridine rings is 1. The van der Waals surface area contributed by atoms with E-state index in [1.54, 1.807) is 19.2 Å². The highest BCUT2D eigenvalue weighted by molar-refractivity contribution is 7.90. The zero-order chi connectivity index (χ0) is 16.3. The number of aryl methyl sites for hydroxylation is 1. The van der Waals surface area contributed by atoms with E-state index in [1.807, 2.05) is 0 Å². The Morgan fingerprint density at radius 2 is 1.82 bits per heavy atom. The van der Waals surface area contributed by atoms with Gasteiger partial charge in [0.25, 0.3) is 5.56 Å². The summed E-state index contributed by atoms with van der Waals surface area (Å²) in [6.07, 6.45) is 2.67. The van der Waals surface area contributed by atoms with Gasteiger partial charge in [0.05, 0.1) is 4.90 Å². The van der Waals surface area contributed by atoms with E-state index in [9.17, 15) is 18.0 Å². The van der Waals surface area contributed by atoms with Crippen LogP contribution >= 0.6 is 0 Å². The number of anilines is 1. The molecular formula is C15H16N2O4S. The van der Waals surface area contributed by atoms with Crippen molar-refractivity contribution in [2.24, 2.45) is 0 Å². The van der Waals surface area contributed by atoms with Crippen molar-refractivity contribution in [3.8, 4) is 0 Å². The number of amides is 1. The van der Waals surface area contributed by atoms with Crippen molar-refractivity contribution in [1.82, 2.24) is 4.57 Å². The van der Waals surface area contributed by atoms with Crippen LogP contribution in [0.2, 0.25) is 0 Å². The summed E-state index contributed by atoms with van der Waals surface area (Å²) in [5.74, 6) is -0.363. The van der Waals surface area contributed by atoms with Crippen molar-refractivity contribution < 1.29 is 13.2 Å². The van der Waals surface area contributed by atoms with Gasteiger partial charge in [-0.2, -0.15) is 0 Å². The lowest BCUT2D eigenvalue weighted by Gasteiger charge is -2.08. The van der Waals surface area contributed by atoms with Crippen molar-refractivity contribution in [2.45, 2.75) is 18.4 Å². The van der Waals surface area contributed by atoms with Gasteiger partial charge in [-0.3, -0.25) is 9.59 Å². The molecule has 0 spiro atoms. The van der Waals surface area contributed by atoms with Crippen LogP contribution in [0.1, 0.15) is 5.56 Å². The number of sulfone groups is 1. The van der Waals surface area contributed by atoms with E-state index in [-0.39, 0.29) is 22.9 Å². The number of rotatable bonds is 4. The highest BCUT2D eigenvalue weighted by Crippen LogP contribution is 2.13. The molecule has 2 aromatic rings. The molecule has 0 saturated heterocycles. The summed E-state index contributed by atoms with van der Waals surface area (Å²) < 4.78 is 24.0. The molecule has 0 unspecified atom stereocenters. The first-order valence-electron chi connectivity index (χ1n) is 6.53. The van der Waals surface area contributed by atoms with Crippen molar-refractivity contribution in [2.75, 3.05) is 11.6 Å². The summed E-state index contributed by atoms with van der Waals surface area (Å²) in [4.78, 5) is 23.8. The van der Waals surface area contributed by atoms with Gasteiger partial charge < -0.3 is 9.88 Å². The molecule has 22 heavy (non-hydrogen) atoms. The fourth-order valence-electron chi connectivity index (χ4n) is 1.88. The molecule has 1 amide bonds. The Hall–Kier alpha value is -2.41. The van der Waals surface area contributed by atoms with Crippen LogP contribution in [0.3, 0.4) is 0 Å². The Kier molecular flexibility index (Phi) is 4.46. The Bertz CT molecular complexity index is 852. The summed E-state index contributed by atoms with van der Waals surface area (Å²) in [6, 6.07) is 9.05. The Labute approximate surface area is 128 Å². The average molecular weight is 320 g/mol. The highest BCUT2D eigenvalue weighted by Gasteiger charge is 2.08. The van der Waals surface area contributed by atoms with Gasteiger partial charge in [-0.15, -0.1) is 0 Å². The molecule has 0 fully saturated rings. The average Bonchev–Trinajstić information content (AvgIpc) is 2.41. The third-order valence-electron chi connectivity index (χ3n) is 3.03. The van der Waals surface area contributed by atoms with Crippen LogP contribution in [0.5, 0.6) is 0 Å². The molecular weight excluding hydrogens is 304 g/mol. The van der Waals surface area contributed by atoms with E-state index in [4.69, 9.17) is 0 Å². The maximum Gasteiger partial charge on any atom is 0.251 e. The van der Waals surface area contributed by atoms with E-state index in [0.29, 0.717) is 5.69 Å². The van der Waals surface area contributed by atoms with Crippen LogP contribution in [0.15, 0.2) is 52.3 Å². The van der Waals surface area contributed by atoms with Gasteiger partial charge in [0.1, 0.15) is 6.54 Å². The number of aromatic nitrogens is 1. The quantitative estimate of drug-likeness (QED) is 0.917. The van der Waals surface area contributed by atoms with Crippen LogP contribution in [0.25, 0.3) is 0 Å². The van der Waals surface area contributed by atoms with Crippen molar-refractivity contribution >= 4 is 21.4 Å². The molecule has 1 N–H and O–H groups in total. The van der Waals surface area contributed by atoms with Crippen molar-refractivity contribution in [1.29, 1.82) is 0 Å². The van der Waals surface area contributed by atoms with Gasteiger partial charge in [0.15, 0.2) is 9.84 Å². The molecule has 0 bridgehead atoms. The maximum absolute atomic E-state index is 11.9. The molecule has 0 aliphatic rings. The number of carbonyl (C=O) groups excluding carboxylic acids is 1. The molecule has 0 atom stereocenters. The normalized spacial score (nSPS) is 11.2. The molecule has 116 valence electrons. The maximum atomic E-state index is 11.9. The molecule has 0 saturated carbocycles. The van der Waals surface area contributed by atoms with Gasteiger partial charge in [-0.05, 0) is 42.8 Å². The molecule has 0 aliphatic heterocycles. The minimum absolute atomic E-state index is 0.104. The minimum Gasteiger partial charge on any atom is -0.325 e. The summed E-state index contributed by atoms with van der Waals surface area (Å²) >= 11 is 0. The van der Waals surface area contributed by atoms with Crippen molar-refractivity contribution in [3.63, 3.8) is 0 Å². The first-order chi connectivity index (χ1) is 10.3. The second-order valence-electron chi connectivity index (χ2n) is 5.01. The standard InChI is InChI=1S/C15H16N2O4S/c1-11-7-8-17(15(19)9-11)10-14(18)16-12-3-5-13(6-4-12)22(2,20)21/h3-9H,10H2,1-2H3,(H,16,18). The lowest BCUT2D eigenvalue weighted by molar-refractivity contribution is -0.116. The smallest absolute Gasteiger partial charge is 0.251 e. The van der Waals surface area contributed by atoms with Crippen LogP contribution in [0, 0.1) is 6.92 Å². The monoisotopic (exact) mass is 320 g/mol. The van der Waals surface area contributed by atoms with Crippen LogP contribution < -0.4 is 10.9 Å². The summed E-state index contributed by atoms with van der Waals surface area (Å²) in [7, 11) is -3.26. The van der Waals surface area contributed by atoms with Crippen molar-refractivity contribution in [3.05, 3.63) is 58.5 Å². The number of hydrogen-bond acceptors (Lipinski definition) is 4. The Morgan fingerprint density at radius 1 is 1.18 bits per heavy atom. The van der Waals surface area contributed by atoms with Crippen LogP contribution in [0.4, 0.5) is 5.69 Å². The van der Waals surface area contributed by atoms with Gasteiger partial charge in [0.2, 0.25) is 5.91 Å². The first-order valence-corrected chi connectivity index (χ1v) is 8.42. The second kappa shape index (κ2) is 6.15. The topological polar surface area (TPSA) is 85.2 Å². The molecule has 2 rings (SSSR count). The second-order valence-corrected chi connectivity index (χ2v) is 7.03. The zero-order valence-electron chi connectivity index (χ0n) is 12.2.